The maximum atomic E-state index is 5.22. The SMILES string of the molecule is COc1cc(-c2c(-c3ccccc3C)n[nH]c2C)ccn1. The second-order valence-corrected chi connectivity index (χ2v) is 4.97. The first-order valence-electron chi connectivity index (χ1n) is 6.82. The van der Waals surface area contributed by atoms with Crippen LogP contribution in [0.3, 0.4) is 0 Å². The van der Waals surface area contributed by atoms with Crippen LogP contribution >= 0.6 is 0 Å². The van der Waals surface area contributed by atoms with Gasteiger partial charge in [0.2, 0.25) is 5.88 Å². The van der Waals surface area contributed by atoms with Gasteiger partial charge in [-0.1, -0.05) is 24.3 Å². The molecule has 0 saturated carbocycles. The van der Waals surface area contributed by atoms with Crippen molar-refractivity contribution in [1.82, 2.24) is 15.2 Å². The predicted molar refractivity (Wildman–Crippen MR) is 83.3 cm³/mol. The maximum Gasteiger partial charge on any atom is 0.213 e. The number of pyridine rings is 1. The van der Waals surface area contributed by atoms with Gasteiger partial charge in [-0.2, -0.15) is 5.10 Å². The molecule has 0 amide bonds. The number of aromatic amines is 1. The number of hydrogen-bond donors (Lipinski definition) is 1. The molecule has 3 rings (SSSR count). The molecule has 1 N–H and O–H groups in total. The topological polar surface area (TPSA) is 50.8 Å². The standard InChI is InChI=1S/C17H17N3O/c1-11-6-4-5-7-14(11)17-16(12(2)19-20-17)13-8-9-18-15(10-13)21-3/h4-10H,1-3H3,(H,19,20). The Morgan fingerprint density at radius 1 is 1.10 bits per heavy atom. The monoisotopic (exact) mass is 279 g/mol. The highest BCUT2D eigenvalue weighted by molar-refractivity contribution is 5.83. The lowest BCUT2D eigenvalue weighted by Crippen LogP contribution is -1.90. The molecule has 0 aliphatic rings. The average Bonchev–Trinajstić information content (AvgIpc) is 2.89. The highest BCUT2D eigenvalue weighted by atomic mass is 16.5. The highest BCUT2D eigenvalue weighted by Crippen LogP contribution is 2.35. The van der Waals surface area contributed by atoms with Crippen molar-refractivity contribution in [3.05, 3.63) is 53.9 Å². The number of benzene rings is 1. The van der Waals surface area contributed by atoms with Crippen LogP contribution in [0.15, 0.2) is 42.6 Å². The predicted octanol–water partition coefficient (Wildman–Crippen LogP) is 3.76. The second-order valence-electron chi connectivity index (χ2n) is 4.97. The molecule has 0 saturated heterocycles. The molecule has 0 aliphatic heterocycles. The normalized spacial score (nSPS) is 10.6. The number of aryl methyl sites for hydroxylation is 2. The Labute approximate surface area is 123 Å². The number of nitrogens with zero attached hydrogens (tertiary/aromatic N) is 2. The zero-order valence-corrected chi connectivity index (χ0v) is 12.3. The Hall–Kier alpha value is -2.62. The van der Waals surface area contributed by atoms with Crippen LogP contribution in [0.1, 0.15) is 11.3 Å². The Balaban J connectivity index is 2.20. The molecule has 0 radical (unpaired) electrons. The van der Waals surface area contributed by atoms with Crippen molar-refractivity contribution in [3.8, 4) is 28.3 Å². The smallest absolute Gasteiger partial charge is 0.213 e. The van der Waals surface area contributed by atoms with Crippen LogP contribution < -0.4 is 4.74 Å². The maximum absolute atomic E-state index is 5.22. The van der Waals surface area contributed by atoms with Gasteiger partial charge >= 0.3 is 0 Å². The minimum Gasteiger partial charge on any atom is -0.481 e. The van der Waals surface area contributed by atoms with E-state index < -0.39 is 0 Å². The van der Waals surface area contributed by atoms with Crippen LogP contribution in [0.25, 0.3) is 22.4 Å². The molecule has 0 unspecified atom stereocenters. The van der Waals surface area contributed by atoms with E-state index in [4.69, 9.17) is 4.74 Å². The Bertz CT molecular complexity index is 777. The Morgan fingerprint density at radius 3 is 2.67 bits per heavy atom. The first-order valence-corrected chi connectivity index (χ1v) is 6.82. The van der Waals surface area contributed by atoms with Crippen LogP contribution in [-0.4, -0.2) is 22.3 Å². The highest BCUT2D eigenvalue weighted by Gasteiger charge is 2.16. The van der Waals surface area contributed by atoms with Crippen LogP contribution in [0.4, 0.5) is 0 Å². The van der Waals surface area contributed by atoms with Crippen LogP contribution in [0, 0.1) is 13.8 Å². The van der Waals surface area contributed by atoms with E-state index in [0.717, 1.165) is 28.1 Å². The number of methoxy groups -OCH3 is 1. The van der Waals surface area contributed by atoms with Gasteiger partial charge in [0.25, 0.3) is 0 Å². The summed E-state index contributed by atoms with van der Waals surface area (Å²) in [5.41, 5.74) is 6.45. The van der Waals surface area contributed by atoms with Crippen molar-refractivity contribution >= 4 is 0 Å². The van der Waals surface area contributed by atoms with Crippen molar-refractivity contribution in [2.45, 2.75) is 13.8 Å². The number of aromatic nitrogens is 3. The van der Waals surface area contributed by atoms with Crippen molar-refractivity contribution in [3.63, 3.8) is 0 Å². The van der Waals surface area contributed by atoms with Gasteiger partial charge in [-0.3, -0.25) is 5.10 Å². The van der Waals surface area contributed by atoms with Gasteiger partial charge in [-0.15, -0.1) is 0 Å². The van der Waals surface area contributed by atoms with Gasteiger partial charge in [0.1, 0.15) is 5.69 Å². The van der Waals surface area contributed by atoms with Gasteiger partial charge in [0.05, 0.1) is 7.11 Å². The molecular formula is C17H17N3O. The molecule has 0 spiro atoms. The zero-order chi connectivity index (χ0) is 14.8. The van der Waals surface area contributed by atoms with Crippen molar-refractivity contribution in [2.24, 2.45) is 0 Å². The molecule has 4 heteroatoms. The summed E-state index contributed by atoms with van der Waals surface area (Å²) in [6.07, 6.45) is 1.75. The summed E-state index contributed by atoms with van der Waals surface area (Å²) in [6, 6.07) is 12.2. The fourth-order valence-electron chi connectivity index (χ4n) is 2.49. The molecule has 4 nitrogen and oxygen atoms in total. The molecule has 0 atom stereocenters. The van der Waals surface area contributed by atoms with Crippen molar-refractivity contribution < 1.29 is 4.74 Å². The molecular weight excluding hydrogens is 262 g/mol. The molecule has 0 fully saturated rings. The molecule has 2 aromatic heterocycles. The Kier molecular flexibility index (Phi) is 3.44. The summed E-state index contributed by atoms with van der Waals surface area (Å²) in [5.74, 6) is 0.601. The van der Waals surface area contributed by atoms with E-state index in [1.54, 1.807) is 13.3 Å². The fraction of sp³-hybridized carbons (Fsp3) is 0.176. The zero-order valence-electron chi connectivity index (χ0n) is 12.3. The molecule has 0 aliphatic carbocycles. The van der Waals surface area contributed by atoms with Gasteiger partial charge in [0.15, 0.2) is 0 Å². The minimum absolute atomic E-state index is 0.601. The summed E-state index contributed by atoms with van der Waals surface area (Å²) in [7, 11) is 1.62. The summed E-state index contributed by atoms with van der Waals surface area (Å²) < 4.78 is 5.22. The molecule has 2 heterocycles. The third-order valence-electron chi connectivity index (χ3n) is 3.58. The van der Waals surface area contributed by atoms with E-state index in [2.05, 4.69) is 34.2 Å². The fourth-order valence-corrected chi connectivity index (χ4v) is 2.49. The molecule has 21 heavy (non-hydrogen) atoms. The van der Waals surface area contributed by atoms with Crippen LogP contribution in [-0.2, 0) is 0 Å². The first kappa shape index (κ1) is 13.4. The molecule has 106 valence electrons. The number of H-pyrrole nitrogens is 1. The van der Waals surface area contributed by atoms with E-state index in [9.17, 15) is 0 Å². The Morgan fingerprint density at radius 2 is 1.90 bits per heavy atom. The second kappa shape index (κ2) is 5.40. The van der Waals surface area contributed by atoms with Gasteiger partial charge in [0, 0.05) is 29.1 Å². The molecule has 3 aromatic rings. The van der Waals surface area contributed by atoms with Crippen molar-refractivity contribution in [1.29, 1.82) is 0 Å². The number of ether oxygens (including phenoxy) is 1. The largest absolute Gasteiger partial charge is 0.481 e. The molecule has 1 aromatic carbocycles. The van der Waals surface area contributed by atoms with E-state index in [0.29, 0.717) is 5.88 Å². The lowest BCUT2D eigenvalue weighted by atomic mass is 9.97. The van der Waals surface area contributed by atoms with Crippen LogP contribution in [0.5, 0.6) is 5.88 Å². The summed E-state index contributed by atoms with van der Waals surface area (Å²) in [4.78, 5) is 4.16. The van der Waals surface area contributed by atoms with Gasteiger partial charge in [-0.25, -0.2) is 4.98 Å². The quantitative estimate of drug-likeness (QED) is 0.794. The van der Waals surface area contributed by atoms with E-state index in [1.807, 2.05) is 31.2 Å². The number of rotatable bonds is 3. The minimum atomic E-state index is 0.601. The number of nitrogens with one attached hydrogen (secondary N) is 1. The summed E-state index contributed by atoms with van der Waals surface area (Å²) in [5, 5.41) is 7.58. The summed E-state index contributed by atoms with van der Waals surface area (Å²) in [6.45, 7) is 4.12. The lowest BCUT2D eigenvalue weighted by molar-refractivity contribution is 0.398. The first-order chi connectivity index (χ1) is 10.2. The number of hydrogen-bond acceptors (Lipinski definition) is 3. The van der Waals surface area contributed by atoms with Gasteiger partial charge < -0.3 is 4.74 Å². The van der Waals surface area contributed by atoms with Gasteiger partial charge in [-0.05, 0) is 31.0 Å². The third-order valence-corrected chi connectivity index (χ3v) is 3.58. The van der Waals surface area contributed by atoms with E-state index in [1.165, 1.54) is 5.56 Å². The summed E-state index contributed by atoms with van der Waals surface area (Å²) >= 11 is 0. The lowest BCUT2D eigenvalue weighted by Gasteiger charge is -2.08. The van der Waals surface area contributed by atoms with E-state index in [-0.39, 0.29) is 0 Å². The molecule has 0 bridgehead atoms. The van der Waals surface area contributed by atoms with Crippen molar-refractivity contribution in [2.75, 3.05) is 7.11 Å². The average molecular weight is 279 g/mol. The van der Waals surface area contributed by atoms with Crippen LogP contribution in [0.2, 0.25) is 0 Å². The third kappa shape index (κ3) is 2.40. The van der Waals surface area contributed by atoms with E-state index >= 15 is 0 Å².